The van der Waals surface area contributed by atoms with Crippen LogP contribution in [0.5, 0.6) is 0 Å². The lowest BCUT2D eigenvalue weighted by molar-refractivity contribution is 0.0679. The van der Waals surface area contributed by atoms with E-state index in [-0.39, 0.29) is 5.91 Å². The zero-order valence-electron chi connectivity index (χ0n) is 15.3. The molecule has 25 heavy (non-hydrogen) atoms. The zero-order chi connectivity index (χ0) is 17.6. The van der Waals surface area contributed by atoms with Crippen molar-refractivity contribution in [1.29, 1.82) is 0 Å². The van der Waals surface area contributed by atoms with Gasteiger partial charge in [-0.05, 0) is 46.5 Å². The van der Waals surface area contributed by atoms with Gasteiger partial charge in [-0.25, -0.2) is 9.97 Å². The van der Waals surface area contributed by atoms with Gasteiger partial charge in [0.1, 0.15) is 10.7 Å². The van der Waals surface area contributed by atoms with Crippen molar-refractivity contribution in [3.63, 3.8) is 0 Å². The SMILES string of the molecule is Cc1nc(C)c(C(=O)N2CCCC(n3c(C)cnc3C3CCC3)C2)s1. The zero-order valence-corrected chi connectivity index (χ0v) is 16.1. The van der Waals surface area contributed by atoms with E-state index in [1.165, 1.54) is 42.1 Å². The van der Waals surface area contributed by atoms with Gasteiger partial charge in [-0.2, -0.15) is 0 Å². The molecule has 1 aliphatic carbocycles. The number of thiazole rings is 1. The maximum absolute atomic E-state index is 13.0. The first-order chi connectivity index (χ1) is 12.0. The molecule has 0 radical (unpaired) electrons. The van der Waals surface area contributed by atoms with E-state index < -0.39 is 0 Å². The summed E-state index contributed by atoms with van der Waals surface area (Å²) in [6, 6.07) is 0.352. The van der Waals surface area contributed by atoms with Gasteiger partial charge in [0.25, 0.3) is 5.91 Å². The van der Waals surface area contributed by atoms with E-state index in [1.54, 1.807) is 0 Å². The van der Waals surface area contributed by atoms with E-state index in [2.05, 4.69) is 16.5 Å². The largest absolute Gasteiger partial charge is 0.336 e. The van der Waals surface area contributed by atoms with Crippen LogP contribution in [0, 0.1) is 20.8 Å². The number of carbonyl (C=O) groups is 1. The van der Waals surface area contributed by atoms with Crippen molar-refractivity contribution in [3.05, 3.63) is 33.3 Å². The van der Waals surface area contributed by atoms with E-state index in [4.69, 9.17) is 4.98 Å². The summed E-state index contributed by atoms with van der Waals surface area (Å²) in [5.74, 6) is 2.01. The van der Waals surface area contributed by atoms with Crippen molar-refractivity contribution in [1.82, 2.24) is 19.4 Å². The van der Waals surface area contributed by atoms with E-state index in [0.717, 1.165) is 41.5 Å². The third kappa shape index (κ3) is 3.01. The molecular weight excluding hydrogens is 332 g/mol. The topological polar surface area (TPSA) is 51.0 Å². The summed E-state index contributed by atoms with van der Waals surface area (Å²) in [6.07, 6.45) is 8.01. The second-order valence-corrected chi connectivity index (χ2v) is 8.65. The molecule has 2 aliphatic rings. The average molecular weight is 359 g/mol. The van der Waals surface area contributed by atoms with E-state index in [9.17, 15) is 4.79 Å². The molecule has 2 fully saturated rings. The molecule has 1 atom stereocenters. The van der Waals surface area contributed by atoms with Gasteiger partial charge in [-0.3, -0.25) is 4.79 Å². The highest BCUT2D eigenvalue weighted by Crippen LogP contribution is 2.38. The Morgan fingerprint density at radius 2 is 2.00 bits per heavy atom. The maximum atomic E-state index is 13.0. The fourth-order valence-corrected chi connectivity index (χ4v) is 5.02. The number of likely N-dealkylation sites (tertiary alicyclic amines) is 1. The fourth-order valence-electron chi connectivity index (χ4n) is 4.13. The third-order valence-electron chi connectivity index (χ3n) is 5.63. The predicted molar refractivity (Wildman–Crippen MR) is 99.3 cm³/mol. The minimum Gasteiger partial charge on any atom is -0.336 e. The van der Waals surface area contributed by atoms with Crippen LogP contribution in [0.2, 0.25) is 0 Å². The van der Waals surface area contributed by atoms with Gasteiger partial charge in [0.2, 0.25) is 0 Å². The molecule has 0 N–H and O–H groups in total. The fraction of sp³-hybridized carbons (Fsp3) is 0.632. The van der Waals surface area contributed by atoms with Gasteiger partial charge in [-0.15, -0.1) is 11.3 Å². The predicted octanol–water partition coefficient (Wildman–Crippen LogP) is 4.01. The second-order valence-electron chi connectivity index (χ2n) is 7.45. The molecule has 134 valence electrons. The summed E-state index contributed by atoms with van der Waals surface area (Å²) in [7, 11) is 0. The molecule has 1 aliphatic heterocycles. The lowest BCUT2D eigenvalue weighted by Gasteiger charge is -2.36. The molecule has 4 rings (SSSR count). The first-order valence-electron chi connectivity index (χ1n) is 9.31. The molecule has 0 aromatic carbocycles. The molecule has 0 bridgehead atoms. The van der Waals surface area contributed by atoms with Crippen LogP contribution >= 0.6 is 11.3 Å². The van der Waals surface area contributed by atoms with Gasteiger partial charge in [0.05, 0.1) is 16.7 Å². The first kappa shape index (κ1) is 16.8. The summed E-state index contributed by atoms with van der Waals surface area (Å²) >= 11 is 1.52. The minimum absolute atomic E-state index is 0.149. The Morgan fingerprint density at radius 3 is 2.64 bits per heavy atom. The number of piperidine rings is 1. The number of hydrogen-bond acceptors (Lipinski definition) is 4. The molecule has 6 heteroatoms. The smallest absolute Gasteiger partial charge is 0.265 e. The summed E-state index contributed by atoms with van der Waals surface area (Å²) in [5.41, 5.74) is 2.09. The molecule has 3 heterocycles. The van der Waals surface area contributed by atoms with Gasteiger partial charge < -0.3 is 9.47 Å². The quantitative estimate of drug-likeness (QED) is 0.833. The highest BCUT2D eigenvalue weighted by molar-refractivity contribution is 7.13. The molecule has 2 aromatic rings. The number of aryl methyl sites for hydroxylation is 3. The summed E-state index contributed by atoms with van der Waals surface area (Å²) < 4.78 is 2.42. The number of imidazole rings is 1. The standard InChI is InChI=1S/C19H26N4OS/c1-12-10-20-18(15-6-4-7-15)23(12)16-8-5-9-22(11-16)19(24)17-13(2)21-14(3)25-17/h10,15-16H,4-9,11H2,1-3H3. The minimum atomic E-state index is 0.149. The maximum Gasteiger partial charge on any atom is 0.265 e. The Morgan fingerprint density at radius 1 is 1.20 bits per heavy atom. The van der Waals surface area contributed by atoms with Crippen LogP contribution in [-0.2, 0) is 0 Å². The molecule has 1 amide bonds. The lowest BCUT2D eigenvalue weighted by atomic mass is 9.84. The van der Waals surface area contributed by atoms with Gasteiger partial charge in [-0.1, -0.05) is 6.42 Å². The van der Waals surface area contributed by atoms with Crippen LogP contribution in [0.1, 0.15) is 76.0 Å². The van der Waals surface area contributed by atoms with Crippen LogP contribution in [0.15, 0.2) is 6.20 Å². The van der Waals surface area contributed by atoms with E-state index in [1.807, 2.05) is 24.9 Å². The van der Waals surface area contributed by atoms with Crippen LogP contribution in [0.3, 0.4) is 0 Å². The molecular formula is C19H26N4OS. The Kier molecular flexibility index (Phi) is 4.40. The number of carbonyl (C=O) groups excluding carboxylic acids is 1. The highest BCUT2D eigenvalue weighted by Gasteiger charge is 2.32. The summed E-state index contributed by atoms with van der Waals surface area (Å²) in [4.78, 5) is 25.0. The Balaban J connectivity index is 1.56. The van der Waals surface area contributed by atoms with Gasteiger partial charge >= 0.3 is 0 Å². The molecule has 1 saturated carbocycles. The first-order valence-corrected chi connectivity index (χ1v) is 10.1. The molecule has 0 spiro atoms. The molecule has 5 nitrogen and oxygen atoms in total. The van der Waals surface area contributed by atoms with Gasteiger partial charge in [0, 0.05) is 30.9 Å². The van der Waals surface area contributed by atoms with Crippen molar-refractivity contribution in [2.75, 3.05) is 13.1 Å². The molecule has 1 unspecified atom stereocenters. The average Bonchev–Trinajstić information content (AvgIpc) is 3.07. The van der Waals surface area contributed by atoms with E-state index in [0.29, 0.717) is 12.0 Å². The highest BCUT2D eigenvalue weighted by atomic mass is 32.1. The normalized spacial score (nSPS) is 21.4. The van der Waals surface area contributed by atoms with Crippen LogP contribution in [-0.4, -0.2) is 38.4 Å². The van der Waals surface area contributed by atoms with Crippen LogP contribution in [0.4, 0.5) is 0 Å². The summed E-state index contributed by atoms with van der Waals surface area (Å²) in [6.45, 7) is 7.68. The van der Waals surface area contributed by atoms with Crippen molar-refractivity contribution in [3.8, 4) is 0 Å². The molecule has 2 aromatic heterocycles. The van der Waals surface area contributed by atoms with Crippen molar-refractivity contribution in [2.24, 2.45) is 0 Å². The second kappa shape index (κ2) is 6.56. The Hall–Kier alpha value is -1.69. The van der Waals surface area contributed by atoms with Crippen molar-refractivity contribution in [2.45, 2.75) is 64.8 Å². The number of aromatic nitrogens is 3. The number of rotatable bonds is 3. The van der Waals surface area contributed by atoms with Crippen molar-refractivity contribution >= 4 is 17.2 Å². The third-order valence-corrected chi connectivity index (χ3v) is 6.69. The van der Waals surface area contributed by atoms with Crippen LogP contribution < -0.4 is 0 Å². The van der Waals surface area contributed by atoms with Gasteiger partial charge in [0.15, 0.2) is 0 Å². The Labute approximate surface area is 153 Å². The van der Waals surface area contributed by atoms with Crippen molar-refractivity contribution < 1.29 is 4.79 Å². The lowest BCUT2D eigenvalue weighted by Crippen LogP contribution is -2.41. The number of amides is 1. The Bertz CT molecular complexity index is 789. The monoisotopic (exact) mass is 358 g/mol. The molecule has 1 saturated heterocycles. The number of nitrogens with zero attached hydrogens (tertiary/aromatic N) is 4. The van der Waals surface area contributed by atoms with E-state index >= 15 is 0 Å². The summed E-state index contributed by atoms with van der Waals surface area (Å²) in [5, 5.41) is 0.965. The van der Waals surface area contributed by atoms with Crippen LogP contribution in [0.25, 0.3) is 0 Å². The number of hydrogen-bond donors (Lipinski definition) is 0.